The summed E-state index contributed by atoms with van der Waals surface area (Å²) < 4.78 is 0. The Morgan fingerprint density at radius 3 is 1.44 bits per heavy atom. The Bertz CT molecular complexity index is 1550. The van der Waals surface area contributed by atoms with Gasteiger partial charge in [0.15, 0.2) is 0 Å². The third kappa shape index (κ3) is 8.66. The zero-order chi connectivity index (χ0) is 29.1. The van der Waals surface area contributed by atoms with Crippen molar-refractivity contribution in [3.05, 3.63) is 69.8 Å². The fourth-order valence-corrected chi connectivity index (χ4v) is 6.15. The van der Waals surface area contributed by atoms with Gasteiger partial charge in [0.2, 0.25) is 0 Å². The maximum atomic E-state index is 5.28. The van der Waals surface area contributed by atoms with Gasteiger partial charge < -0.3 is 9.97 Å². The van der Waals surface area contributed by atoms with E-state index in [9.17, 15) is 0 Å². The predicted octanol–water partition coefficient (Wildman–Crippen LogP) is 10.3. The first kappa shape index (κ1) is 33.1. The van der Waals surface area contributed by atoms with E-state index in [2.05, 4.69) is 75.4 Å². The van der Waals surface area contributed by atoms with E-state index in [0.717, 1.165) is 83.4 Å². The predicted molar refractivity (Wildman–Crippen MR) is 180 cm³/mol. The average Bonchev–Trinajstić information content (AvgIpc) is 3.82. The zero-order valence-electron chi connectivity index (χ0n) is 26.8. The number of hydrogen-bond acceptors (Lipinski definition) is 2. The summed E-state index contributed by atoms with van der Waals surface area (Å²) in [6, 6.07) is 10.8. The summed E-state index contributed by atoms with van der Waals surface area (Å²) in [6.45, 7) is 6.81. The molecular formula is C38H48N4Zn. The molecule has 0 atom stereocenters. The Labute approximate surface area is 271 Å². The molecule has 5 rings (SSSR count). The molecular weight excluding hydrogens is 578 g/mol. The SMILES string of the molecule is CCCCCCc1c2nc(c(CCCCCC)c3ccc([n-]3)c(CCCCCC)c3nc(cc4ccc1[n-]4)C=C3)C=C2.[Zn+2]. The minimum Gasteiger partial charge on any atom is -0.657 e. The van der Waals surface area contributed by atoms with Gasteiger partial charge in [-0.1, -0.05) is 109 Å². The molecule has 5 heteroatoms. The molecule has 2 aliphatic rings. The van der Waals surface area contributed by atoms with Gasteiger partial charge in [0.1, 0.15) is 0 Å². The van der Waals surface area contributed by atoms with Crippen LogP contribution in [-0.4, -0.2) is 9.97 Å². The minimum absolute atomic E-state index is 0. The van der Waals surface area contributed by atoms with Crippen LogP contribution in [0, 0.1) is 0 Å². The van der Waals surface area contributed by atoms with Crippen LogP contribution >= 0.6 is 0 Å². The molecule has 0 saturated carbocycles. The molecule has 8 bridgehead atoms. The third-order valence-corrected chi connectivity index (χ3v) is 8.59. The van der Waals surface area contributed by atoms with Crippen molar-refractivity contribution in [3.8, 4) is 0 Å². The summed E-state index contributed by atoms with van der Waals surface area (Å²) in [5, 5.41) is 0. The molecule has 2 aliphatic heterocycles. The van der Waals surface area contributed by atoms with Crippen LogP contribution in [0.1, 0.15) is 137 Å². The largest absolute Gasteiger partial charge is 2.00 e. The summed E-state index contributed by atoms with van der Waals surface area (Å²) >= 11 is 0. The van der Waals surface area contributed by atoms with E-state index in [0.29, 0.717) is 0 Å². The van der Waals surface area contributed by atoms with E-state index in [1.165, 1.54) is 74.5 Å². The van der Waals surface area contributed by atoms with Crippen molar-refractivity contribution in [3.63, 3.8) is 0 Å². The summed E-state index contributed by atoms with van der Waals surface area (Å²) in [5.74, 6) is 0. The van der Waals surface area contributed by atoms with Gasteiger partial charge in [-0.3, -0.25) is 0 Å². The van der Waals surface area contributed by atoms with E-state index in [1.54, 1.807) is 0 Å². The van der Waals surface area contributed by atoms with Crippen molar-refractivity contribution in [1.82, 2.24) is 19.9 Å². The van der Waals surface area contributed by atoms with Crippen LogP contribution in [-0.2, 0) is 38.7 Å². The molecule has 0 aliphatic carbocycles. The molecule has 3 aromatic heterocycles. The molecule has 0 unspecified atom stereocenters. The Morgan fingerprint density at radius 1 is 0.488 bits per heavy atom. The van der Waals surface area contributed by atoms with E-state index < -0.39 is 0 Å². The van der Waals surface area contributed by atoms with Gasteiger partial charge in [-0.05, 0) is 79.5 Å². The van der Waals surface area contributed by atoms with E-state index in [-0.39, 0.29) is 19.5 Å². The Hall–Kier alpha value is -2.78. The van der Waals surface area contributed by atoms with Gasteiger partial charge in [0, 0.05) is 0 Å². The smallest absolute Gasteiger partial charge is 0.657 e. The maximum Gasteiger partial charge on any atom is 2.00 e. The normalized spacial score (nSPS) is 12.2. The Kier molecular flexibility index (Phi) is 13.0. The van der Waals surface area contributed by atoms with Crippen molar-refractivity contribution in [2.75, 3.05) is 0 Å². The van der Waals surface area contributed by atoms with Gasteiger partial charge >= 0.3 is 19.5 Å². The molecule has 4 nitrogen and oxygen atoms in total. The average molecular weight is 626 g/mol. The summed E-state index contributed by atoms with van der Waals surface area (Å²) in [7, 11) is 0. The first-order chi connectivity index (χ1) is 20.7. The van der Waals surface area contributed by atoms with Gasteiger partial charge in [0.05, 0.1) is 22.8 Å². The van der Waals surface area contributed by atoms with Crippen molar-refractivity contribution in [1.29, 1.82) is 0 Å². The minimum atomic E-state index is 0. The maximum absolute atomic E-state index is 5.28. The van der Waals surface area contributed by atoms with Crippen LogP contribution < -0.4 is 9.97 Å². The zero-order valence-corrected chi connectivity index (χ0v) is 29.8. The van der Waals surface area contributed by atoms with Crippen LogP contribution in [0.3, 0.4) is 0 Å². The third-order valence-electron chi connectivity index (χ3n) is 8.59. The second-order valence-electron chi connectivity index (χ2n) is 12.0. The van der Waals surface area contributed by atoms with E-state index >= 15 is 0 Å². The van der Waals surface area contributed by atoms with Crippen LogP contribution in [0.2, 0.25) is 0 Å². The fourth-order valence-electron chi connectivity index (χ4n) is 6.15. The quantitative estimate of drug-likeness (QED) is 0.0858. The molecule has 0 aromatic carbocycles. The number of nitrogens with zero attached hydrogens (tertiary/aromatic N) is 4. The number of rotatable bonds is 15. The first-order valence-electron chi connectivity index (χ1n) is 16.7. The molecule has 3 aromatic rings. The van der Waals surface area contributed by atoms with Gasteiger partial charge in [-0.25, -0.2) is 9.97 Å². The van der Waals surface area contributed by atoms with Crippen molar-refractivity contribution < 1.29 is 19.5 Å². The summed E-state index contributed by atoms with van der Waals surface area (Å²) in [6.07, 6.45) is 26.4. The van der Waals surface area contributed by atoms with Crippen LogP contribution in [0.5, 0.6) is 0 Å². The number of hydrogen-bond donors (Lipinski definition) is 0. The summed E-state index contributed by atoms with van der Waals surface area (Å²) in [5.41, 5.74) is 12.1. The van der Waals surface area contributed by atoms with Crippen LogP contribution in [0.15, 0.2) is 30.3 Å². The standard InChI is InChI=1S/C38H48N4.Zn/c1-4-7-10-13-16-30-33-21-19-28(39-33)27-29-20-22-34(40-29)31(17-14-11-8-5-2)36-24-26-38(42-36)32(18-15-12-9-6-3)37-25-23-35(30)41-37;/h19-27H,4-18H2,1-3H3;/q-2;+2. The second kappa shape index (κ2) is 16.9. The van der Waals surface area contributed by atoms with Crippen molar-refractivity contribution in [2.45, 2.75) is 117 Å². The molecule has 222 valence electrons. The number of fused-ring (bicyclic) bond motifs is 8. The topological polar surface area (TPSA) is 54.0 Å². The first-order valence-corrected chi connectivity index (χ1v) is 16.7. The summed E-state index contributed by atoms with van der Waals surface area (Å²) in [4.78, 5) is 20.7. The molecule has 0 fully saturated rings. The molecule has 43 heavy (non-hydrogen) atoms. The number of unbranched alkanes of at least 4 members (excludes halogenated alkanes) is 9. The second-order valence-corrected chi connectivity index (χ2v) is 12.0. The molecule has 0 spiro atoms. The Morgan fingerprint density at radius 2 is 0.930 bits per heavy atom. The molecule has 0 saturated heterocycles. The molecule has 5 heterocycles. The molecule has 0 radical (unpaired) electrons. The molecule has 0 N–H and O–H groups in total. The van der Waals surface area contributed by atoms with E-state index in [4.69, 9.17) is 19.9 Å². The fraction of sp³-hybridized carbons (Fsp3) is 0.474. The molecule has 0 amide bonds. The van der Waals surface area contributed by atoms with Gasteiger partial charge in [0.25, 0.3) is 0 Å². The van der Waals surface area contributed by atoms with Crippen molar-refractivity contribution >= 4 is 46.4 Å². The van der Waals surface area contributed by atoms with E-state index in [1.807, 2.05) is 0 Å². The van der Waals surface area contributed by atoms with Crippen LogP contribution in [0.25, 0.3) is 46.4 Å². The monoisotopic (exact) mass is 624 g/mol. The Balaban J connectivity index is 0.00000423. The van der Waals surface area contributed by atoms with Gasteiger partial charge in [-0.2, -0.15) is 0 Å². The van der Waals surface area contributed by atoms with Crippen molar-refractivity contribution in [2.24, 2.45) is 0 Å². The van der Waals surface area contributed by atoms with Gasteiger partial charge in [-0.15, -0.1) is 22.1 Å². The number of aryl methyl sites for hydroxylation is 3. The number of aromatic nitrogens is 4. The van der Waals surface area contributed by atoms with Crippen LogP contribution in [0.4, 0.5) is 0 Å².